The lowest BCUT2D eigenvalue weighted by molar-refractivity contribution is 0.0697. The molecule has 118 valence electrons. The van der Waals surface area contributed by atoms with Crippen LogP contribution < -0.4 is 0 Å². The van der Waals surface area contributed by atoms with Crippen LogP contribution in [0.15, 0.2) is 54.7 Å². The monoisotopic (exact) mass is 316 g/mol. The number of hydrogen-bond donors (Lipinski definition) is 1. The predicted octanol–water partition coefficient (Wildman–Crippen LogP) is 4.42. The number of allylic oxidation sites excluding steroid dienone is 1. The largest absolute Gasteiger partial charge is 0.478 e. The van der Waals surface area contributed by atoms with Gasteiger partial charge in [-0.2, -0.15) is 5.26 Å². The fourth-order valence-electron chi connectivity index (χ4n) is 2.78. The SMILES string of the molecule is CCn1cc(C=C(C#N)c2ccc(C(=O)O)cc2)c2ccccc21. The van der Waals surface area contributed by atoms with E-state index in [0.29, 0.717) is 11.1 Å². The number of aromatic nitrogens is 1. The van der Waals surface area contributed by atoms with E-state index in [1.807, 2.05) is 30.5 Å². The number of benzene rings is 2. The van der Waals surface area contributed by atoms with Crippen LogP contribution in [0.2, 0.25) is 0 Å². The number of carbonyl (C=O) groups is 1. The Morgan fingerprint density at radius 3 is 2.46 bits per heavy atom. The third kappa shape index (κ3) is 2.80. The van der Waals surface area contributed by atoms with Crippen LogP contribution >= 0.6 is 0 Å². The van der Waals surface area contributed by atoms with Gasteiger partial charge in [-0.25, -0.2) is 4.79 Å². The van der Waals surface area contributed by atoms with Crippen molar-refractivity contribution < 1.29 is 9.90 Å². The number of aromatic carboxylic acids is 1. The normalized spacial score (nSPS) is 11.4. The molecule has 1 heterocycles. The minimum Gasteiger partial charge on any atom is -0.478 e. The molecule has 3 aromatic rings. The Morgan fingerprint density at radius 2 is 1.83 bits per heavy atom. The Bertz CT molecular complexity index is 973. The Kier molecular flexibility index (Phi) is 4.17. The molecule has 0 aliphatic heterocycles. The van der Waals surface area contributed by atoms with E-state index in [9.17, 15) is 10.1 Å². The number of carboxylic acids is 1. The summed E-state index contributed by atoms with van der Waals surface area (Å²) in [5, 5.41) is 19.6. The fraction of sp³-hybridized carbons (Fsp3) is 0.100. The summed E-state index contributed by atoms with van der Waals surface area (Å²) in [4.78, 5) is 10.9. The molecule has 0 fully saturated rings. The molecule has 0 unspecified atom stereocenters. The highest BCUT2D eigenvalue weighted by molar-refractivity contribution is 5.98. The molecule has 0 spiro atoms. The van der Waals surface area contributed by atoms with Crippen molar-refractivity contribution >= 4 is 28.5 Å². The summed E-state index contributed by atoms with van der Waals surface area (Å²) in [6, 6.07) is 16.6. The van der Waals surface area contributed by atoms with Crippen molar-refractivity contribution in [1.29, 1.82) is 5.26 Å². The molecule has 0 aliphatic carbocycles. The zero-order valence-corrected chi connectivity index (χ0v) is 13.2. The summed E-state index contributed by atoms with van der Waals surface area (Å²) in [5.41, 5.74) is 3.52. The molecule has 1 aromatic heterocycles. The van der Waals surface area contributed by atoms with E-state index < -0.39 is 5.97 Å². The van der Waals surface area contributed by atoms with Gasteiger partial charge in [-0.15, -0.1) is 0 Å². The molecule has 2 aromatic carbocycles. The van der Waals surface area contributed by atoms with Gasteiger partial charge in [0.25, 0.3) is 0 Å². The van der Waals surface area contributed by atoms with Crippen molar-refractivity contribution in [2.24, 2.45) is 0 Å². The second-order valence-corrected chi connectivity index (χ2v) is 5.44. The quantitative estimate of drug-likeness (QED) is 0.724. The van der Waals surface area contributed by atoms with Gasteiger partial charge >= 0.3 is 5.97 Å². The van der Waals surface area contributed by atoms with Crippen molar-refractivity contribution in [3.8, 4) is 6.07 Å². The molecular formula is C20H16N2O2. The zero-order chi connectivity index (χ0) is 17.1. The second-order valence-electron chi connectivity index (χ2n) is 5.44. The number of rotatable bonds is 4. The van der Waals surface area contributed by atoms with E-state index in [1.165, 1.54) is 12.1 Å². The maximum absolute atomic E-state index is 10.9. The van der Waals surface area contributed by atoms with Crippen LogP contribution in [-0.4, -0.2) is 15.6 Å². The highest BCUT2D eigenvalue weighted by atomic mass is 16.4. The second kappa shape index (κ2) is 6.43. The molecule has 0 saturated heterocycles. The number of fused-ring (bicyclic) bond motifs is 1. The summed E-state index contributed by atoms with van der Waals surface area (Å²) in [5.74, 6) is -0.977. The van der Waals surface area contributed by atoms with Crippen LogP contribution in [0.25, 0.3) is 22.6 Å². The van der Waals surface area contributed by atoms with E-state index in [-0.39, 0.29) is 5.56 Å². The topological polar surface area (TPSA) is 66.0 Å². The maximum Gasteiger partial charge on any atom is 0.335 e. The first-order valence-corrected chi connectivity index (χ1v) is 7.67. The Labute approximate surface area is 139 Å². The molecule has 0 saturated carbocycles. The maximum atomic E-state index is 10.9. The fourth-order valence-corrected chi connectivity index (χ4v) is 2.78. The molecule has 1 N–H and O–H groups in total. The van der Waals surface area contributed by atoms with Crippen molar-refractivity contribution in [3.05, 3.63) is 71.4 Å². The van der Waals surface area contributed by atoms with Gasteiger partial charge in [-0.3, -0.25) is 0 Å². The van der Waals surface area contributed by atoms with Gasteiger partial charge in [0.05, 0.1) is 17.2 Å². The molecule has 3 rings (SSSR count). The third-order valence-corrected chi connectivity index (χ3v) is 4.02. The van der Waals surface area contributed by atoms with Crippen LogP contribution in [0.3, 0.4) is 0 Å². The number of para-hydroxylation sites is 1. The van der Waals surface area contributed by atoms with Gasteiger partial charge in [0.2, 0.25) is 0 Å². The molecule has 0 radical (unpaired) electrons. The number of nitrogens with zero attached hydrogens (tertiary/aromatic N) is 2. The summed E-state index contributed by atoms with van der Waals surface area (Å²) in [7, 11) is 0. The molecule has 4 nitrogen and oxygen atoms in total. The molecule has 0 amide bonds. The first kappa shape index (κ1) is 15.6. The zero-order valence-electron chi connectivity index (χ0n) is 13.2. The van der Waals surface area contributed by atoms with Crippen LogP contribution in [-0.2, 0) is 6.54 Å². The van der Waals surface area contributed by atoms with Crippen LogP contribution in [0.5, 0.6) is 0 Å². The highest BCUT2D eigenvalue weighted by Gasteiger charge is 2.09. The molecule has 0 aliphatic rings. The molecule has 24 heavy (non-hydrogen) atoms. The third-order valence-electron chi connectivity index (χ3n) is 4.02. The average molecular weight is 316 g/mol. The molecule has 0 bridgehead atoms. The minimum atomic E-state index is -0.977. The Hall–Kier alpha value is -3.32. The standard InChI is InChI=1S/C20H16N2O2/c1-2-22-13-17(18-5-3-4-6-19(18)22)11-16(12-21)14-7-9-15(10-8-14)20(23)24/h3-11,13H,2H2,1H3,(H,23,24). The van der Waals surface area contributed by atoms with Crippen molar-refractivity contribution in [3.63, 3.8) is 0 Å². The Balaban J connectivity index is 2.08. The number of aryl methyl sites for hydroxylation is 1. The van der Waals surface area contributed by atoms with E-state index in [0.717, 1.165) is 23.0 Å². The first-order chi connectivity index (χ1) is 11.6. The average Bonchev–Trinajstić information content (AvgIpc) is 2.97. The van der Waals surface area contributed by atoms with Gasteiger partial charge in [0.15, 0.2) is 0 Å². The van der Waals surface area contributed by atoms with Gasteiger partial charge in [-0.1, -0.05) is 30.3 Å². The lowest BCUT2D eigenvalue weighted by Gasteiger charge is -2.00. The van der Waals surface area contributed by atoms with E-state index in [4.69, 9.17) is 5.11 Å². The number of carboxylic acid groups (broad SMARTS) is 1. The van der Waals surface area contributed by atoms with Crippen LogP contribution in [0.1, 0.15) is 28.4 Å². The lowest BCUT2D eigenvalue weighted by Crippen LogP contribution is -1.95. The van der Waals surface area contributed by atoms with E-state index in [2.05, 4.69) is 23.6 Å². The first-order valence-electron chi connectivity index (χ1n) is 7.67. The number of nitriles is 1. The minimum absolute atomic E-state index is 0.207. The van der Waals surface area contributed by atoms with Crippen LogP contribution in [0, 0.1) is 11.3 Å². The van der Waals surface area contributed by atoms with Crippen molar-refractivity contribution in [2.75, 3.05) is 0 Å². The lowest BCUT2D eigenvalue weighted by atomic mass is 10.0. The van der Waals surface area contributed by atoms with Crippen molar-refractivity contribution in [1.82, 2.24) is 4.57 Å². The van der Waals surface area contributed by atoms with Crippen LogP contribution in [0.4, 0.5) is 0 Å². The van der Waals surface area contributed by atoms with Gasteiger partial charge < -0.3 is 9.67 Å². The number of hydrogen-bond acceptors (Lipinski definition) is 2. The Morgan fingerprint density at radius 1 is 1.17 bits per heavy atom. The summed E-state index contributed by atoms with van der Waals surface area (Å²) >= 11 is 0. The predicted molar refractivity (Wildman–Crippen MR) is 94.5 cm³/mol. The summed E-state index contributed by atoms with van der Waals surface area (Å²) < 4.78 is 2.14. The van der Waals surface area contributed by atoms with Gasteiger partial charge in [-0.05, 0) is 36.8 Å². The highest BCUT2D eigenvalue weighted by Crippen LogP contribution is 2.26. The molecular weight excluding hydrogens is 300 g/mol. The molecule has 0 atom stereocenters. The van der Waals surface area contributed by atoms with Gasteiger partial charge in [0.1, 0.15) is 0 Å². The van der Waals surface area contributed by atoms with Gasteiger partial charge in [0, 0.05) is 29.2 Å². The van der Waals surface area contributed by atoms with E-state index >= 15 is 0 Å². The van der Waals surface area contributed by atoms with E-state index in [1.54, 1.807) is 12.1 Å². The summed E-state index contributed by atoms with van der Waals surface area (Å²) in [6.07, 6.45) is 3.89. The summed E-state index contributed by atoms with van der Waals surface area (Å²) in [6.45, 7) is 2.93. The molecule has 4 heteroatoms. The smallest absolute Gasteiger partial charge is 0.335 e. The van der Waals surface area contributed by atoms with Crippen molar-refractivity contribution in [2.45, 2.75) is 13.5 Å².